The van der Waals surface area contributed by atoms with Crippen LogP contribution in [0.15, 0.2) is 30.7 Å². The van der Waals surface area contributed by atoms with Crippen molar-refractivity contribution in [2.75, 3.05) is 7.11 Å². The molecule has 0 N–H and O–H groups in total. The molecular formula is C12H8ClFN4OS. The van der Waals surface area contributed by atoms with E-state index in [-0.39, 0.29) is 12.3 Å². The van der Waals surface area contributed by atoms with Crippen molar-refractivity contribution in [1.29, 1.82) is 0 Å². The lowest BCUT2D eigenvalue weighted by atomic mass is 10.3. The molecule has 0 bridgehead atoms. The minimum atomic E-state index is 0.0776. The van der Waals surface area contributed by atoms with E-state index in [4.69, 9.17) is 16.3 Å². The van der Waals surface area contributed by atoms with Gasteiger partial charge in [-0.15, -0.1) is 3.89 Å². The van der Waals surface area contributed by atoms with Crippen LogP contribution in [0.5, 0.6) is 5.88 Å². The van der Waals surface area contributed by atoms with E-state index in [9.17, 15) is 3.89 Å². The molecule has 0 atom stereocenters. The maximum Gasteiger partial charge on any atom is 0.216 e. The van der Waals surface area contributed by atoms with Gasteiger partial charge in [-0.25, -0.2) is 15.0 Å². The van der Waals surface area contributed by atoms with Crippen molar-refractivity contribution >= 4 is 34.8 Å². The zero-order valence-corrected chi connectivity index (χ0v) is 11.8. The van der Waals surface area contributed by atoms with Crippen molar-refractivity contribution in [3.63, 3.8) is 0 Å². The lowest BCUT2D eigenvalue weighted by Gasteiger charge is -2.04. The molecule has 0 unspecified atom stereocenters. The van der Waals surface area contributed by atoms with Crippen molar-refractivity contribution in [3.8, 4) is 17.3 Å². The highest BCUT2D eigenvalue weighted by atomic mass is 35.5. The van der Waals surface area contributed by atoms with Crippen LogP contribution < -0.4 is 4.74 Å². The molecule has 0 spiro atoms. The molecule has 3 rings (SSSR count). The largest absolute Gasteiger partial charge is 0.481 e. The van der Waals surface area contributed by atoms with Gasteiger partial charge < -0.3 is 4.74 Å². The summed E-state index contributed by atoms with van der Waals surface area (Å²) in [7, 11) is 1.51. The van der Waals surface area contributed by atoms with Gasteiger partial charge in [0.2, 0.25) is 5.88 Å². The first-order valence-electron chi connectivity index (χ1n) is 5.55. The number of hydrogen-bond acceptors (Lipinski definition) is 5. The average molecular weight is 311 g/mol. The maximum atomic E-state index is 13.3. The van der Waals surface area contributed by atoms with Gasteiger partial charge in [0.05, 0.1) is 24.0 Å². The zero-order chi connectivity index (χ0) is 14.1. The van der Waals surface area contributed by atoms with Gasteiger partial charge in [-0.2, -0.15) is 0 Å². The Morgan fingerprint density at radius 2 is 2.10 bits per heavy atom. The van der Waals surface area contributed by atoms with Crippen LogP contribution in [0, 0.1) is 0 Å². The monoisotopic (exact) mass is 310 g/mol. The standard InChI is InChI=1S/C12H8ClFN4OS/c1-19-12-3-8(16-6-17-12)10-2-7-5-15-11(13)4-9(7)18(10)20-14/h2-6H,1H3. The molecule has 0 aliphatic carbocycles. The van der Waals surface area contributed by atoms with Crippen molar-refractivity contribution in [2.24, 2.45) is 0 Å². The second-order valence-corrected chi connectivity index (χ2v) is 4.79. The predicted octanol–water partition coefficient (Wildman–Crippen LogP) is 3.54. The Bertz CT molecular complexity index is 779. The van der Waals surface area contributed by atoms with Crippen LogP contribution in [-0.2, 0) is 0 Å². The molecule has 0 saturated heterocycles. The topological polar surface area (TPSA) is 52.8 Å². The smallest absolute Gasteiger partial charge is 0.216 e. The second kappa shape index (κ2) is 5.26. The first-order valence-corrected chi connectivity index (χ1v) is 6.60. The fraction of sp³-hybridized carbons (Fsp3) is 0.0833. The van der Waals surface area contributed by atoms with Crippen LogP contribution in [0.25, 0.3) is 22.3 Å². The van der Waals surface area contributed by atoms with Gasteiger partial charge in [0.25, 0.3) is 0 Å². The number of methoxy groups -OCH3 is 1. The maximum absolute atomic E-state index is 13.3. The lowest BCUT2D eigenvalue weighted by Crippen LogP contribution is -1.94. The summed E-state index contributed by atoms with van der Waals surface area (Å²) in [5, 5.41) is 1.07. The molecule has 0 aliphatic heterocycles. The van der Waals surface area contributed by atoms with Crippen molar-refractivity contribution in [2.45, 2.75) is 0 Å². The summed E-state index contributed by atoms with van der Waals surface area (Å²) in [6.07, 6.45) is 2.95. The SMILES string of the molecule is COc1cc(-c2cc3cnc(Cl)cc3n2SF)ncn1. The normalized spacial score (nSPS) is 10.9. The Kier molecular flexibility index (Phi) is 3.45. The van der Waals surface area contributed by atoms with E-state index >= 15 is 0 Å². The molecular weight excluding hydrogens is 303 g/mol. The van der Waals surface area contributed by atoms with E-state index in [0.29, 0.717) is 27.9 Å². The average Bonchev–Trinajstić information content (AvgIpc) is 2.85. The summed E-state index contributed by atoms with van der Waals surface area (Å²) in [6, 6.07) is 5.02. The van der Waals surface area contributed by atoms with Gasteiger partial charge in [0, 0.05) is 23.7 Å². The molecule has 5 nitrogen and oxygen atoms in total. The molecule has 0 saturated carbocycles. The quantitative estimate of drug-likeness (QED) is 0.693. The van der Waals surface area contributed by atoms with E-state index in [2.05, 4.69) is 15.0 Å². The Hall–Kier alpha value is -1.86. The van der Waals surface area contributed by atoms with Gasteiger partial charge in [-0.1, -0.05) is 11.6 Å². The van der Waals surface area contributed by atoms with Gasteiger partial charge in [0.1, 0.15) is 11.5 Å². The van der Waals surface area contributed by atoms with Gasteiger partial charge in [-0.05, 0) is 6.07 Å². The number of hydrogen-bond donors (Lipinski definition) is 0. The minimum absolute atomic E-state index is 0.0776. The molecule has 0 fully saturated rings. The Balaban J connectivity index is 2.24. The summed E-state index contributed by atoms with van der Waals surface area (Å²) in [6.45, 7) is 0. The molecule has 0 aliphatic rings. The number of halogens is 2. The Morgan fingerprint density at radius 3 is 2.85 bits per heavy atom. The van der Waals surface area contributed by atoms with Gasteiger partial charge in [0.15, 0.2) is 12.3 Å². The number of fused-ring (bicyclic) bond motifs is 1. The summed E-state index contributed by atoms with van der Waals surface area (Å²) in [5.74, 6) is 0.409. The van der Waals surface area contributed by atoms with E-state index in [1.54, 1.807) is 24.4 Å². The fourth-order valence-corrected chi connectivity index (χ4v) is 2.50. The highest BCUT2D eigenvalue weighted by Crippen LogP contribution is 2.32. The number of rotatable bonds is 3. The molecule has 102 valence electrons. The molecule has 0 radical (unpaired) electrons. The Labute approximate surface area is 123 Å². The first kappa shape index (κ1) is 13.1. The lowest BCUT2D eigenvalue weighted by molar-refractivity contribution is 0.397. The highest BCUT2D eigenvalue weighted by molar-refractivity contribution is 7.93. The van der Waals surface area contributed by atoms with Crippen LogP contribution in [-0.4, -0.2) is 26.0 Å². The third-order valence-corrected chi connectivity index (χ3v) is 3.53. The van der Waals surface area contributed by atoms with E-state index in [0.717, 1.165) is 5.39 Å². The van der Waals surface area contributed by atoms with E-state index in [1.807, 2.05) is 0 Å². The highest BCUT2D eigenvalue weighted by Gasteiger charge is 2.14. The third-order valence-electron chi connectivity index (χ3n) is 2.79. The molecule has 0 amide bonds. The van der Waals surface area contributed by atoms with Crippen LogP contribution in [0.4, 0.5) is 3.89 Å². The van der Waals surface area contributed by atoms with E-state index in [1.165, 1.54) is 17.4 Å². The van der Waals surface area contributed by atoms with Crippen molar-refractivity contribution in [1.82, 2.24) is 18.9 Å². The summed E-state index contributed by atoms with van der Waals surface area (Å²) < 4.78 is 19.7. The predicted molar refractivity (Wildman–Crippen MR) is 76.4 cm³/mol. The summed E-state index contributed by atoms with van der Waals surface area (Å²) in [5.41, 5.74) is 1.76. The summed E-state index contributed by atoms with van der Waals surface area (Å²) in [4.78, 5) is 12.1. The van der Waals surface area contributed by atoms with Crippen LogP contribution in [0.1, 0.15) is 0 Å². The number of nitrogens with zero attached hydrogens (tertiary/aromatic N) is 4. The van der Waals surface area contributed by atoms with Crippen molar-refractivity contribution < 1.29 is 8.62 Å². The number of aromatic nitrogens is 4. The minimum Gasteiger partial charge on any atom is -0.481 e. The fourth-order valence-electron chi connectivity index (χ4n) is 1.90. The number of ether oxygens (including phenoxy) is 1. The van der Waals surface area contributed by atoms with Crippen molar-refractivity contribution in [3.05, 3.63) is 35.9 Å². The molecule has 3 aromatic rings. The first-order chi connectivity index (χ1) is 9.72. The molecule has 0 aromatic carbocycles. The molecule has 8 heteroatoms. The van der Waals surface area contributed by atoms with E-state index < -0.39 is 0 Å². The third kappa shape index (κ3) is 2.19. The molecule has 3 heterocycles. The number of pyridine rings is 1. The molecule has 20 heavy (non-hydrogen) atoms. The second-order valence-electron chi connectivity index (χ2n) is 3.90. The zero-order valence-electron chi connectivity index (χ0n) is 10.2. The summed E-state index contributed by atoms with van der Waals surface area (Å²) >= 11 is 5.93. The van der Waals surface area contributed by atoms with Crippen LogP contribution in [0.3, 0.4) is 0 Å². The molecule has 3 aromatic heterocycles. The van der Waals surface area contributed by atoms with Gasteiger partial charge >= 0.3 is 0 Å². The van der Waals surface area contributed by atoms with Crippen LogP contribution in [0.2, 0.25) is 5.15 Å². The van der Waals surface area contributed by atoms with Crippen LogP contribution >= 0.6 is 23.9 Å². The Morgan fingerprint density at radius 1 is 1.25 bits per heavy atom. The van der Waals surface area contributed by atoms with Gasteiger partial charge in [-0.3, -0.25) is 3.97 Å².